The molecular formula is C7H6N4O. The summed E-state index contributed by atoms with van der Waals surface area (Å²) in [5.41, 5.74) is 0.252. The molecule has 12 heavy (non-hydrogen) atoms. The van der Waals surface area contributed by atoms with E-state index in [1.807, 2.05) is 0 Å². The first-order valence-electron chi connectivity index (χ1n) is 3.41. The second-order valence-corrected chi connectivity index (χ2v) is 2.24. The fourth-order valence-corrected chi connectivity index (χ4v) is 0.943. The van der Waals surface area contributed by atoms with Crippen molar-refractivity contribution in [1.29, 1.82) is 0 Å². The van der Waals surface area contributed by atoms with Crippen LogP contribution in [0, 0.1) is 0 Å². The molecule has 5 nitrogen and oxygen atoms in total. The molecule has 2 heterocycles. The van der Waals surface area contributed by atoms with Gasteiger partial charge in [0.25, 0.3) is 5.56 Å². The summed E-state index contributed by atoms with van der Waals surface area (Å²) in [6, 6.07) is 1.61. The predicted octanol–water partition coefficient (Wildman–Crippen LogP) is 0.160. The number of nitrogens with one attached hydrogen (secondary N) is 2. The van der Waals surface area contributed by atoms with Crippen LogP contribution >= 0.6 is 0 Å². The Hall–Kier alpha value is -1.91. The molecule has 0 atom stereocenters. The van der Waals surface area contributed by atoms with E-state index in [0.717, 1.165) is 0 Å². The van der Waals surface area contributed by atoms with E-state index in [1.54, 1.807) is 18.5 Å². The van der Waals surface area contributed by atoms with Crippen LogP contribution in [0.5, 0.6) is 0 Å². The van der Waals surface area contributed by atoms with Gasteiger partial charge in [-0.25, -0.2) is 10.1 Å². The van der Waals surface area contributed by atoms with Crippen molar-refractivity contribution in [3.8, 4) is 11.4 Å². The van der Waals surface area contributed by atoms with Crippen molar-refractivity contribution in [2.24, 2.45) is 0 Å². The number of rotatable bonds is 1. The number of aromatic nitrogens is 4. The first-order chi connectivity index (χ1) is 5.88. The van der Waals surface area contributed by atoms with E-state index in [0.29, 0.717) is 11.4 Å². The highest BCUT2D eigenvalue weighted by molar-refractivity contribution is 5.51. The summed E-state index contributed by atoms with van der Waals surface area (Å²) in [5.74, 6) is 0.554. The molecule has 0 fully saturated rings. The second kappa shape index (κ2) is 2.61. The molecule has 0 aliphatic carbocycles. The highest BCUT2D eigenvalue weighted by Gasteiger charge is 2.02. The van der Waals surface area contributed by atoms with Crippen LogP contribution in [0.2, 0.25) is 0 Å². The third kappa shape index (κ3) is 1.01. The lowest BCUT2D eigenvalue weighted by molar-refractivity contribution is 0.986. The van der Waals surface area contributed by atoms with Crippen molar-refractivity contribution < 1.29 is 0 Å². The highest BCUT2D eigenvalue weighted by atomic mass is 16.1. The van der Waals surface area contributed by atoms with Gasteiger partial charge < -0.3 is 4.98 Å². The molecule has 0 aromatic carbocycles. The van der Waals surface area contributed by atoms with Crippen LogP contribution in [0.3, 0.4) is 0 Å². The fourth-order valence-electron chi connectivity index (χ4n) is 0.943. The zero-order valence-electron chi connectivity index (χ0n) is 6.11. The Balaban J connectivity index is 2.63. The summed E-state index contributed by atoms with van der Waals surface area (Å²) in [6.07, 6.45) is 4.77. The molecule has 0 saturated carbocycles. The SMILES string of the molecule is O=c1[nH]nccc1-c1ncc[nH]1. The third-order valence-electron chi connectivity index (χ3n) is 1.48. The number of aromatic amines is 2. The number of nitrogens with zero attached hydrogens (tertiary/aromatic N) is 2. The number of imidazole rings is 1. The normalized spacial score (nSPS) is 10.0. The van der Waals surface area contributed by atoms with E-state index in [-0.39, 0.29) is 5.56 Å². The third-order valence-corrected chi connectivity index (χ3v) is 1.48. The van der Waals surface area contributed by atoms with Crippen molar-refractivity contribution >= 4 is 0 Å². The van der Waals surface area contributed by atoms with E-state index in [2.05, 4.69) is 20.2 Å². The van der Waals surface area contributed by atoms with Crippen LogP contribution in [0.4, 0.5) is 0 Å². The number of hydrogen-bond acceptors (Lipinski definition) is 3. The van der Waals surface area contributed by atoms with Crippen LogP contribution in [-0.2, 0) is 0 Å². The molecule has 2 N–H and O–H groups in total. The molecule has 0 aliphatic heterocycles. The summed E-state index contributed by atoms with van der Waals surface area (Å²) in [4.78, 5) is 17.9. The van der Waals surface area contributed by atoms with Gasteiger partial charge in [0.2, 0.25) is 0 Å². The molecule has 0 bridgehead atoms. The number of H-pyrrole nitrogens is 2. The van der Waals surface area contributed by atoms with Gasteiger partial charge in [-0.2, -0.15) is 5.10 Å². The summed E-state index contributed by atoms with van der Waals surface area (Å²) in [6.45, 7) is 0. The quantitative estimate of drug-likeness (QED) is 0.627. The molecule has 5 heteroatoms. The maximum absolute atomic E-state index is 11.1. The first-order valence-corrected chi connectivity index (χ1v) is 3.41. The van der Waals surface area contributed by atoms with Gasteiger partial charge in [0, 0.05) is 18.6 Å². The summed E-state index contributed by atoms with van der Waals surface area (Å²) >= 11 is 0. The molecule has 60 valence electrons. The van der Waals surface area contributed by atoms with Crippen LogP contribution in [0.1, 0.15) is 0 Å². The van der Waals surface area contributed by atoms with Gasteiger partial charge in [-0.1, -0.05) is 0 Å². The van der Waals surface area contributed by atoms with E-state index < -0.39 is 0 Å². The maximum Gasteiger partial charge on any atom is 0.275 e. The van der Waals surface area contributed by atoms with Gasteiger partial charge in [-0.3, -0.25) is 4.79 Å². The molecule has 0 unspecified atom stereocenters. The molecular weight excluding hydrogens is 156 g/mol. The largest absolute Gasteiger partial charge is 0.344 e. The van der Waals surface area contributed by atoms with Crippen molar-refractivity contribution in [1.82, 2.24) is 20.2 Å². The van der Waals surface area contributed by atoms with E-state index in [9.17, 15) is 4.79 Å². The number of hydrogen-bond donors (Lipinski definition) is 2. The maximum atomic E-state index is 11.1. The minimum absolute atomic E-state index is 0.243. The Bertz CT molecular complexity index is 417. The Morgan fingerprint density at radius 2 is 2.25 bits per heavy atom. The summed E-state index contributed by atoms with van der Waals surface area (Å²) in [7, 11) is 0. The minimum atomic E-state index is -0.243. The van der Waals surface area contributed by atoms with Gasteiger partial charge >= 0.3 is 0 Å². The zero-order valence-corrected chi connectivity index (χ0v) is 6.11. The average Bonchev–Trinajstić information content (AvgIpc) is 2.57. The van der Waals surface area contributed by atoms with Crippen LogP contribution in [0.25, 0.3) is 11.4 Å². The molecule has 0 radical (unpaired) electrons. The van der Waals surface area contributed by atoms with Crippen molar-refractivity contribution in [3.05, 3.63) is 35.0 Å². The molecule has 0 saturated heterocycles. The van der Waals surface area contributed by atoms with E-state index in [1.165, 1.54) is 6.20 Å². The van der Waals surface area contributed by atoms with Crippen molar-refractivity contribution in [2.45, 2.75) is 0 Å². The topological polar surface area (TPSA) is 74.4 Å². The molecule has 2 aromatic rings. The molecule has 0 spiro atoms. The first kappa shape index (κ1) is 6.78. The smallest absolute Gasteiger partial charge is 0.275 e. The summed E-state index contributed by atoms with van der Waals surface area (Å²) in [5, 5.41) is 5.90. The Kier molecular flexibility index (Phi) is 1.48. The van der Waals surface area contributed by atoms with Gasteiger partial charge in [0.1, 0.15) is 5.82 Å². The highest BCUT2D eigenvalue weighted by Crippen LogP contribution is 2.05. The fraction of sp³-hybridized carbons (Fsp3) is 0. The van der Waals surface area contributed by atoms with E-state index in [4.69, 9.17) is 0 Å². The van der Waals surface area contributed by atoms with Crippen LogP contribution in [-0.4, -0.2) is 20.2 Å². The van der Waals surface area contributed by atoms with Gasteiger partial charge in [-0.05, 0) is 6.07 Å². The minimum Gasteiger partial charge on any atom is -0.344 e. The summed E-state index contributed by atoms with van der Waals surface area (Å²) < 4.78 is 0. The average molecular weight is 162 g/mol. The standard InChI is InChI=1S/C7H6N4O/c12-7-5(1-2-10-11-7)6-8-3-4-9-6/h1-4H,(H,8,9)(H,11,12). The van der Waals surface area contributed by atoms with Crippen molar-refractivity contribution in [2.75, 3.05) is 0 Å². The Morgan fingerprint density at radius 3 is 2.92 bits per heavy atom. The second-order valence-electron chi connectivity index (χ2n) is 2.24. The zero-order chi connectivity index (χ0) is 8.39. The molecule has 0 amide bonds. The van der Waals surface area contributed by atoms with Crippen LogP contribution in [0.15, 0.2) is 29.5 Å². The Morgan fingerprint density at radius 1 is 1.33 bits per heavy atom. The van der Waals surface area contributed by atoms with Gasteiger partial charge in [-0.15, -0.1) is 0 Å². The molecule has 2 rings (SSSR count). The molecule has 0 aliphatic rings. The van der Waals surface area contributed by atoms with E-state index >= 15 is 0 Å². The Labute approximate surface area is 67.5 Å². The lowest BCUT2D eigenvalue weighted by atomic mass is 10.3. The van der Waals surface area contributed by atoms with Gasteiger partial charge in [0.05, 0.1) is 5.56 Å². The lowest BCUT2D eigenvalue weighted by Crippen LogP contribution is -2.10. The van der Waals surface area contributed by atoms with Crippen LogP contribution < -0.4 is 5.56 Å². The van der Waals surface area contributed by atoms with Crippen molar-refractivity contribution in [3.63, 3.8) is 0 Å². The monoisotopic (exact) mass is 162 g/mol. The lowest BCUT2D eigenvalue weighted by Gasteiger charge is -1.91. The molecule has 2 aromatic heterocycles. The predicted molar refractivity (Wildman–Crippen MR) is 42.4 cm³/mol. The van der Waals surface area contributed by atoms with Gasteiger partial charge in [0.15, 0.2) is 0 Å².